The zero-order valence-corrected chi connectivity index (χ0v) is 14.6. The second kappa shape index (κ2) is 7.88. The number of nitrogens with zero attached hydrogens (tertiary/aromatic N) is 1. The highest BCUT2D eigenvalue weighted by Crippen LogP contribution is 2.28. The Bertz CT molecular complexity index is 689. The van der Waals surface area contributed by atoms with Gasteiger partial charge in [-0.05, 0) is 29.3 Å². The van der Waals surface area contributed by atoms with E-state index in [0.29, 0.717) is 36.3 Å². The van der Waals surface area contributed by atoms with Crippen LogP contribution in [-0.2, 0) is 11.3 Å². The summed E-state index contributed by atoms with van der Waals surface area (Å²) in [4.78, 5) is 14.1. The van der Waals surface area contributed by atoms with Crippen molar-refractivity contribution in [1.82, 2.24) is 10.2 Å². The Balaban J connectivity index is 1.61. The second-order valence-electron chi connectivity index (χ2n) is 5.65. The minimum absolute atomic E-state index is 0.0970. The maximum absolute atomic E-state index is 12.4. The van der Waals surface area contributed by atoms with Crippen LogP contribution in [0.5, 0.6) is 0 Å². The molecule has 0 bridgehead atoms. The molecule has 0 aliphatic carbocycles. The van der Waals surface area contributed by atoms with E-state index in [1.54, 1.807) is 11.0 Å². The van der Waals surface area contributed by atoms with E-state index in [9.17, 15) is 4.79 Å². The molecule has 1 atom stereocenters. The summed E-state index contributed by atoms with van der Waals surface area (Å²) in [6, 6.07) is 15.1. The summed E-state index contributed by atoms with van der Waals surface area (Å²) < 4.78 is 5.78. The molecular formula is C18H18Cl2N2O2. The molecule has 1 N–H and O–H groups in total. The number of ether oxygens (including phenoxy) is 1. The summed E-state index contributed by atoms with van der Waals surface area (Å²) in [7, 11) is 0. The Morgan fingerprint density at radius 2 is 1.88 bits per heavy atom. The predicted octanol–water partition coefficient (Wildman–Crippen LogP) is 4.28. The molecule has 0 unspecified atom stereocenters. The number of hydrogen-bond acceptors (Lipinski definition) is 2. The number of halogens is 2. The van der Waals surface area contributed by atoms with Crippen molar-refractivity contribution in [2.24, 2.45) is 0 Å². The largest absolute Gasteiger partial charge is 0.370 e. The van der Waals surface area contributed by atoms with Gasteiger partial charge in [0.05, 0.1) is 13.2 Å². The van der Waals surface area contributed by atoms with Crippen LogP contribution >= 0.6 is 23.2 Å². The first kappa shape index (κ1) is 17.1. The summed E-state index contributed by atoms with van der Waals surface area (Å²) in [5, 5.41) is 4.07. The highest BCUT2D eigenvalue weighted by atomic mass is 35.5. The average molecular weight is 365 g/mol. The van der Waals surface area contributed by atoms with Gasteiger partial charge in [0.25, 0.3) is 0 Å². The van der Waals surface area contributed by atoms with Gasteiger partial charge in [0.15, 0.2) is 0 Å². The third kappa shape index (κ3) is 4.41. The Morgan fingerprint density at radius 3 is 2.58 bits per heavy atom. The molecular weight excluding hydrogens is 347 g/mol. The van der Waals surface area contributed by atoms with E-state index in [2.05, 4.69) is 5.32 Å². The van der Waals surface area contributed by atoms with Crippen molar-refractivity contribution < 1.29 is 9.53 Å². The van der Waals surface area contributed by atoms with Crippen molar-refractivity contribution in [3.05, 3.63) is 69.7 Å². The maximum atomic E-state index is 12.4. The number of urea groups is 1. The fourth-order valence-electron chi connectivity index (χ4n) is 2.68. The van der Waals surface area contributed by atoms with Gasteiger partial charge < -0.3 is 15.0 Å². The second-order valence-corrected chi connectivity index (χ2v) is 6.53. The summed E-state index contributed by atoms with van der Waals surface area (Å²) in [5.41, 5.74) is 1.95. The van der Waals surface area contributed by atoms with Crippen LogP contribution in [-0.4, -0.2) is 30.6 Å². The summed E-state index contributed by atoms with van der Waals surface area (Å²) >= 11 is 12.1. The van der Waals surface area contributed by atoms with E-state index in [0.717, 1.165) is 11.1 Å². The minimum atomic E-state index is -0.225. The average Bonchev–Trinajstić information content (AvgIpc) is 2.60. The van der Waals surface area contributed by atoms with Gasteiger partial charge in [-0.1, -0.05) is 53.5 Å². The fraction of sp³-hybridized carbons (Fsp3) is 0.278. The third-order valence-electron chi connectivity index (χ3n) is 3.90. The topological polar surface area (TPSA) is 41.6 Å². The monoisotopic (exact) mass is 364 g/mol. The number of carbonyl (C=O) groups excluding carboxylic acids is 1. The SMILES string of the molecule is O=C(NCc1ccccc1)N1CCO[C@H](c2cc(Cl)cc(Cl)c2)C1. The molecule has 2 aromatic carbocycles. The molecule has 126 valence electrons. The fourth-order valence-corrected chi connectivity index (χ4v) is 3.22. The zero-order chi connectivity index (χ0) is 16.9. The van der Waals surface area contributed by atoms with Crippen molar-refractivity contribution in [3.8, 4) is 0 Å². The predicted molar refractivity (Wildman–Crippen MR) is 95.4 cm³/mol. The quantitative estimate of drug-likeness (QED) is 0.882. The Labute approximate surface area is 151 Å². The van der Waals surface area contributed by atoms with Crippen molar-refractivity contribution in [2.45, 2.75) is 12.6 Å². The number of nitrogens with one attached hydrogen (secondary N) is 1. The molecule has 1 fully saturated rings. The molecule has 4 nitrogen and oxygen atoms in total. The normalized spacial score (nSPS) is 17.6. The standard InChI is InChI=1S/C18H18Cl2N2O2/c19-15-8-14(9-16(20)10-15)17-12-22(6-7-24-17)18(23)21-11-13-4-2-1-3-5-13/h1-5,8-10,17H,6-7,11-12H2,(H,21,23)/t17-/m0/s1. The zero-order valence-electron chi connectivity index (χ0n) is 13.0. The van der Waals surface area contributed by atoms with Crippen molar-refractivity contribution in [3.63, 3.8) is 0 Å². The van der Waals surface area contributed by atoms with Crippen LogP contribution in [0, 0.1) is 0 Å². The van der Waals surface area contributed by atoms with Crippen LogP contribution in [0.1, 0.15) is 17.2 Å². The van der Waals surface area contributed by atoms with Gasteiger partial charge in [-0.2, -0.15) is 0 Å². The van der Waals surface area contributed by atoms with Crippen molar-refractivity contribution in [2.75, 3.05) is 19.7 Å². The number of carbonyl (C=O) groups is 1. The molecule has 1 aliphatic heterocycles. The van der Waals surface area contributed by atoms with Gasteiger partial charge in [-0.3, -0.25) is 0 Å². The molecule has 24 heavy (non-hydrogen) atoms. The third-order valence-corrected chi connectivity index (χ3v) is 4.33. The molecule has 2 amide bonds. The van der Waals surface area contributed by atoms with Crippen LogP contribution in [0.25, 0.3) is 0 Å². The molecule has 2 aromatic rings. The van der Waals surface area contributed by atoms with Gasteiger partial charge in [0.2, 0.25) is 0 Å². The molecule has 0 radical (unpaired) electrons. The number of morpholine rings is 1. The summed E-state index contributed by atoms with van der Waals surface area (Å²) in [6.07, 6.45) is -0.225. The van der Waals surface area contributed by atoms with Crippen LogP contribution in [0.2, 0.25) is 10.0 Å². The lowest BCUT2D eigenvalue weighted by molar-refractivity contribution is -0.0154. The minimum Gasteiger partial charge on any atom is -0.370 e. The molecule has 6 heteroatoms. The van der Waals surface area contributed by atoms with E-state index in [-0.39, 0.29) is 12.1 Å². The first-order chi connectivity index (χ1) is 11.6. The number of rotatable bonds is 3. The Morgan fingerprint density at radius 1 is 1.17 bits per heavy atom. The van der Waals surface area contributed by atoms with Crippen LogP contribution in [0.4, 0.5) is 4.79 Å². The van der Waals surface area contributed by atoms with Gasteiger partial charge in [0, 0.05) is 23.1 Å². The Hall–Kier alpha value is -1.75. The lowest BCUT2D eigenvalue weighted by Gasteiger charge is -2.33. The Kier molecular flexibility index (Phi) is 5.61. The van der Waals surface area contributed by atoms with Crippen molar-refractivity contribution in [1.29, 1.82) is 0 Å². The van der Waals surface area contributed by atoms with Crippen LogP contribution < -0.4 is 5.32 Å². The highest BCUT2D eigenvalue weighted by molar-refractivity contribution is 6.34. The smallest absolute Gasteiger partial charge is 0.317 e. The lowest BCUT2D eigenvalue weighted by atomic mass is 10.1. The van der Waals surface area contributed by atoms with E-state index >= 15 is 0 Å². The van der Waals surface area contributed by atoms with E-state index in [4.69, 9.17) is 27.9 Å². The summed E-state index contributed by atoms with van der Waals surface area (Å²) in [6.45, 7) is 2.01. The summed E-state index contributed by atoms with van der Waals surface area (Å²) in [5.74, 6) is 0. The number of amides is 2. The first-order valence-electron chi connectivity index (χ1n) is 7.76. The van der Waals surface area contributed by atoms with Crippen molar-refractivity contribution >= 4 is 29.2 Å². The molecule has 0 saturated carbocycles. The number of benzene rings is 2. The van der Waals surface area contributed by atoms with E-state index in [1.165, 1.54) is 0 Å². The van der Waals surface area contributed by atoms with E-state index in [1.807, 2.05) is 42.5 Å². The lowest BCUT2D eigenvalue weighted by Crippen LogP contribution is -2.46. The van der Waals surface area contributed by atoms with Gasteiger partial charge in [-0.15, -0.1) is 0 Å². The molecule has 1 heterocycles. The number of hydrogen-bond donors (Lipinski definition) is 1. The van der Waals surface area contributed by atoms with Gasteiger partial charge in [-0.25, -0.2) is 4.79 Å². The van der Waals surface area contributed by atoms with Crippen LogP contribution in [0.3, 0.4) is 0 Å². The van der Waals surface area contributed by atoms with Gasteiger partial charge in [0.1, 0.15) is 6.10 Å². The highest BCUT2D eigenvalue weighted by Gasteiger charge is 2.25. The molecule has 1 saturated heterocycles. The molecule has 0 spiro atoms. The molecule has 0 aromatic heterocycles. The maximum Gasteiger partial charge on any atom is 0.317 e. The molecule has 3 rings (SSSR count). The van der Waals surface area contributed by atoms with Gasteiger partial charge >= 0.3 is 6.03 Å². The van der Waals surface area contributed by atoms with E-state index < -0.39 is 0 Å². The molecule has 1 aliphatic rings. The first-order valence-corrected chi connectivity index (χ1v) is 8.52. The van der Waals surface area contributed by atoms with Crippen LogP contribution in [0.15, 0.2) is 48.5 Å².